The molecular weight excluding hydrogens is 136 g/mol. The third-order valence-corrected chi connectivity index (χ3v) is 2.81. The molecule has 1 heterocycles. The molecule has 66 valence electrons. The molecule has 0 aromatic carbocycles. The van der Waals surface area contributed by atoms with E-state index in [2.05, 4.69) is 20.8 Å². The van der Waals surface area contributed by atoms with E-state index < -0.39 is 0 Å². The van der Waals surface area contributed by atoms with Crippen LogP contribution in [-0.2, 0) is 4.74 Å². The predicted octanol–water partition coefficient (Wildman–Crippen LogP) is 2.85. The third kappa shape index (κ3) is 2.48. The minimum atomic E-state index is 0.552. The molecule has 1 fully saturated rings. The van der Waals surface area contributed by atoms with Gasteiger partial charge in [-0.2, -0.15) is 0 Å². The van der Waals surface area contributed by atoms with Crippen molar-refractivity contribution in [2.45, 2.75) is 46.1 Å². The molecule has 11 heavy (non-hydrogen) atoms. The standard InChI is InChI=1S/C10H20O/c1-4-10-7-9(8(2)3)5-6-11-10/h8-10H,4-7H2,1-3H3. The number of hydrogen-bond acceptors (Lipinski definition) is 1. The van der Waals surface area contributed by atoms with Crippen molar-refractivity contribution < 1.29 is 4.74 Å². The Kier molecular flexibility index (Phi) is 3.38. The van der Waals surface area contributed by atoms with E-state index in [0.29, 0.717) is 6.10 Å². The molecule has 0 radical (unpaired) electrons. The summed E-state index contributed by atoms with van der Waals surface area (Å²) in [4.78, 5) is 0. The Labute approximate surface area is 70.1 Å². The highest BCUT2D eigenvalue weighted by Crippen LogP contribution is 2.27. The van der Waals surface area contributed by atoms with Crippen molar-refractivity contribution in [2.24, 2.45) is 11.8 Å². The van der Waals surface area contributed by atoms with Crippen LogP contribution in [-0.4, -0.2) is 12.7 Å². The number of hydrogen-bond donors (Lipinski definition) is 0. The smallest absolute Gasteiger partial charge is 0.0575 e. The van der Waals surface area contributed by atoms with Crippen molar-refractivity contribution >= 4 is 0 Å². The molecule has 1 heteroatoms. The van der Waals surface area contributed by atoms with Crippen LogP contribution < -0.4 is 0 Å². The van der Waals surface area contributed by atoms with E-state index in [1.807, 2.05) is 0 Å². The molecular formula is C10H20O. The fourth-order valence-electron chi connectivity index (χ4n) is 1.80. The van der Waals surface area contributed by atoms with E-state index >= 15 is 0 Å². The predicted molar refractivity (Wildman–Crippen MR) is 47.6 cm³/mol. The minimum Gasteiger partial charge on any atom is -0.378 e. The zero-order chi connectivity index (χ0) is 8.27. The van der Waals surface area contributed by atoms with E-state index in [1.54, 1.807) is 0 Å². The number of ether oxygens (including phenoxy) is 1. The molecule has 0 aromatic heterocycles. The Morgan fingerprint density at radius 2 is 2.18 bits per heavy atom. The Morgan fingerprint density at radius 1 is 1.45 bits per heavy atom. The van der Waals surface area contributed by atoms with E-state index in [4.69, 9.17) is 4.74 Å². The molecule has 0 amide bonds. The Morgan fingerprint density at radius 3 is 2.73 bits per heavy atom. The van der Waals surface area contributed by atoms with Gasteiger partial charge in [0.15, 0.2) is 0 Å². The average Bonchev–Trinajstić information content (AvgIpc) is 2.05. The van der Waals surface area contributed by atoms with Crippen LogP contribution in [0.2, 0.25) is 0 Å². The SMILES string of the molecule is CCC1CC(C(C)C)CCO1. The van der Waals surface area contributed by atoms with Gasteiger partial charge in [-0.1, -0.05) is 20.8 Å². The van der Waals surface area contributed by atoms with E-state index in [9.17, 15) is 0 Å². The average molecular weight is 156 g/mol. The molecule has 0 aliphatic carbocycles. The van der Waals surface area contributed by atoms with Gasteiger partial charge in [-0.05, 0) is 31.1 Å². The highest BCUT2D eigenvalue weighted by molar-refractivity contribution is 4.72. The molecule has 1 nitrogen and oxygen atoms in total. The van der Waals surface area contributed by atoms with Gasteiger partial charge in [0.05, 0.1) is 6.10 Å². The summed E-state index contributed by atoms with van der Waals surface area (Å²) in [5.74, 6) is 1.75. The van der Waals surface area contributed by atoms with Crippen LogP contribution in [0.25, 0.3) is 0 Å². The maximum Gasteiger partial charge on any atom is 0.0575 e. The molecule has 1 aliphatic rings. The lowest BCUT2D eigenvalue weighted by Gasteiger charge is -2.31. The summed E-state index contributed by atoms with van der Waals surface area (Å²) in [6.45, 7) is 7.85. The van der Waals surface area contributed by atoms with Gasteiger partial charge in [-0.15, -0.1) is 0 Å². The van der Waals surface area contributed by atoms with Crippen LogP contribution in [0.3, 0.4) is 0 Å². The first-order valence-corrected chi connectivity index (χ1v) is 4.85. The van der Waals surface area contributed by atoms with Crippen molar-refractivity contribution in [1.82, 2.24) is 0 Å². The van der Waals surface area contributed by atoms with Gasteiger partial charge in [0.25, 0.3) is 0 Å². The summed E-state index contributed by atoms with van der Waals surface area (Å²) in [7, 11) is 0. The minimum absolute atomic E-state index is 0.552. The van der Waals surface area contributed by atoms with Crippen molar-refractivity contribution in [2.75, 3.05) is 6.61 Å². The normalized spacial score (nSPS) is 32.7. The fourth-order valence-corrected chi connectivity index (χ4v) is 1.80. The summed E-state index contributed by atoms with van der Waals surface area (Å²) in [6, 6.07) is 0. The van der Waals surface area contributed by atoms with E-state index in [1.165, 1.54) is 19.3 Å². The molecule has 1 saturated heterocycles. The Bertz CT molecular complexity index is 109. The summed E-state index contributed by atoms with van der Waals surface area (Å²) < 4.78 is 5.61. The van der Waals surface area contributed by atoms with Crippen molar-refractivity contribution in [1.29, 1.82) is 0 Å². The topological polar surface area (TPSA) is 9.23 Å². The maximum atomic E-state index is 5.61. The molecule has 0 spiro atoms. The monoisotopic (exact) mass is 156 g/mol. The van der Waals surface area contributed by atoms with Crippen LogP contribution >= 0.6 is 0 Å². The Balaban J connectivity index is 2.33. The van der Waals surface area contributed by atoms with Gasteiger partial charge in [0, 0.05) is 6.61 Å². The molecule has 0 aromatic rings. The summed E-state index contributed by atoms with van der Waals surface area (Å²) >= 11 is 0. The fraction of sp³-hybridized carbons (Fsp3) is 1.00. The third-order valence-electron chi connectivity index (χ3n) is 2.81. The van der Waals surface area contributed by atoms with Gasteiger partial charge in [0.1, 0.15) is 0 Å². The van der Waals surface area contributed by atoms with Crippen molar-refractivity contribution in [3.05, 3.63) is 0 Å². The maximum absolute atomic E-state index is 5.61. The van der Waals surface area contributed by atoms with Crippen LogP contribution in [0.4, 0.5) is 0 Å². The van der Waals surface area contributed by atoms with Gasteiger partial charge in [-0.25, -0.2) is 0 Å². The molecule has 0 N–H and O–H groups in total. The van der Waals surface area contributed by atoms with Crippen LogP contribution in [0.1, 0.15) is 40.0 Å². The van der Waals surface area contributed by atoms with Crippen LogP contribution in [0, 0.1) is 11.8 Å². The second-order valence-electron chi connectivity index (χ2n) is 3.93. The molecule has 1 rings (SSSR count). The lowest BCUT2D eigenvalue weighted by molar-refractivity contribution is -0.0202. The molecule has 1 aliphatic heterocycles. The van der Waals surface area contributed by atoms with Gasteiger partial charge in [0.2, 0.25) is 0 Å². The zero-order valence-electron chi connectivity index (χ0n) is 7.97. The van der Waals surface area contributed by atoms with Crippen LogP contribution in [0.5, 0.6) is 0 Å². The number of rotatable bonds is 2. The van der Waals surface area contributed by atoms with E-state index in [-0.39, 0.29) is 0 Å². The van der Waals surface area contributed by atoms with E-state index in [0.717, 1.165) is 18.4 Å². The highest BCUT2D eigenvalue weighted by Gasteiger charge is 2.23. The largest absolute Gasteiger partial charge is 0.378 e. The van der Waals surface area contributed by atoms with Gasteiger partial charge >= 0.3 is 0 Å². The second kappa shape index (κ2) is 4.10. The highest BCUT2D eigenvalue weighted by atomic mass is 16.5. The Hall–Kier alpha value is -0.0400. The van der Waals surface area contributed by atoms with Gasteiger partial charge in [-0.3, -0.25) is 0 Å². The molecule has 0 saturated carbocycles. The first-order valence-electron chi connectivity index (χ1n) is 4.85. The van der Waals surface area contributed by atoms with Crippen LogP contribution in [0.15, 0.2) is 0 Å². The lowest BCUT2D eigenvalue weighted by atomic mass is 9.85. The van der Waals surface area contributed by atoms with Gasteiger partial charge < -0.3 is 4.74 Å². The molecule has 2 unspecified atom stereocenters. The molecule has 2 atom stereocenters. The lowest BCUT2D eigenvalue weighted by Crippen LogP contribution is -2.27. The summed E-state index contributed by atoms with van der Waals surface area (Å²) in [5.41, 5.74) is 0. The summed E-state index contributed by atoms with van der Waals surface area (Å²) in [5, 5.41) is 0. The first kappa shape index (κ1) is 9.05. The molecule has 0 bridgehead atoms. The first-order chi connectivity index (χ1) is 5.24. The van der Waals surface area contributed by atoms with Crippen molar-refractivity contribution in [3.8, 4) is 0 Å². The zero-order valence-corrected chi connectivity index (χ0v) is 7.97. The quantitative estimate of drug-likeness (QED) is 0.597. The summed E-state index contributed by atoms with van der Waals surface area (Å²) in [6.07, 6.45) is 4.29. The van der Waals surface area contributed by atoms with Crippen molar-refractivity contribution in [3.63, 3.8) is 0 Å². The second-order valence-corrected chi connectivity index (χ2v) is 3.93.